The quantitative estimate of drug-likeness (QED) is 0.440. The highest BCUT2D eigenvalue weighted by molar-refractivity contribution is 7.92. The number of carbonyl (C=O) groups excluding carboxylic acids is 1. The smallest absolute Gasteiger partial charge is 0.261 e. The molecule has 0 unspecified atom stereocenters. The van der Waals surface area contributed by atoms with Crippen molar-refractivity contribution in [2.45, 2.75) is 32.2 Å². The Balaban J connectivity index is 1.50. The number of hydrogen-bond acceptors (Lipinski definition) is 5. The van der Waals surface area contributed by atoms with Crippen LogP contribution in [-0.4, -0.2) is 36.2 Å². The van der Waals surface area contributed by atoms with Gasteiger partial charge in [0, 0.05) is 23.7 Å². The van der Waals surface area contributed by atoms with Crippen LogP contribution in [0.3, 0.4) is 0 Å². The lowest BCUT2D eigenvalue weighted by molar-refractivity contribution is 0.0781. The molecule has 0 bridgehead atoms. The average molecular weight is 475 g/mol. The second-order valence-electron chi connectivity index (χ2n) is 8.28. The fourth-order valence-corrected chi connectivity index (χ4v) is 4.83. The maximum absolute atomic E-state index is 12.9. The number of nitrogens with zero attached hydrogens (tertiary/aromatic N) is 3. The van der Waals surface area contributed by atoms with E-state index in [9.17, 15) is 13.2 Å². The van der Waals surface area contributed by atoms with Gasteiger partial charge in [0.1, 0.15) is 5.82 Å². The van der Waals surface area contributed by atoms with E-state index in [1.165, 1.54) is 29.2 Å². The van der Waals surface area contributed by atoms with E-state index in [4.69, 9.17) is 0 Å². The molecule has 0 aliphatic carbocycles. The third kappa shape index (κ3) is 4.77. The molecule has 0 atom stereocenters. The number of aryl methyl sites for hydroxylation is 2. The monoisotopic (exact) mass is 474 g/mol. The summed E-state index contributed by atoms with van der Waals surface area (Å²) in [5.41, 5.74) is 4.46. The molecule has 7 nitrogen and oxygen atoms in total. The number of carbonyl (C=O) groups is 1. The van der Waals surface area contributed by atoms with E-state index in [-0.39, 0.29) is 17.3 Å². The van der Waals surface area contributed by atoms with Crippen LogP contribution in [0.4, 0.5) is 5.69 Å². The zero-order valence-electron chi connectivity index (χ0n) is 19.5. The van der Waals surface area contributed by atoms with Crippen molar-refractivity contribution < 1.29 is 13.2 Å². The lowest BCUT2D eigenvalue weighted by Gasteiger charge is -2.17. The predicted molar refractivity (Wildman–Crippen MR) is 133 cm³/mol. The summed E-state index contributed by atoms with van der Waals surface area (Å²) in [6.45, 7) is 5.94. The molecule has 1 aromatic heterocycles. The van der Waals surface area contributed by atoms with E-state index in [0.717, 1.165) is 27.7 Å². The Labute approximate surface area is 199 Å². The van der Waals surface area contributed by atoms with Crippen molar-refractivity contribution in [3.8, 4) is 0 Å². The first kappa shape index (κ1) is 23.4. The second-order valence-corrected chi connectivity index (χ2v) is 9.96. The zero-order valence-corrected chi connectivity index (χ0v) is 20.3. The Morgan fingerprint density at radius 2 is 1.62 bits per heavy atom. The van der Waals surface area contributed by atoms with Crippen molar-refractivity contribution in [2.24, 2.45) is 0 Å². The first-order valence-corrected chi connectivity index (χ1v) is 12.3. The minimum Gasteiger partial charge on any atom is -0.334 e. The van der Waals surface area contributed by atoms with Gasteiger partial charge in [-0.1, -0.05) is 30.3 Å². The van der Waals surface area contributed by atoms with Crippen LogP contribution < -0.4 is 4.72 Å². The van der Waals surface area contributed by atoms with Crippen LogP contribution in [0, 0.1) is 20.8 Å². The lowest BCUT2D eigenvalue weighted by Crippen LogP contribution is -2.27. The number of anilines is 1. The highest BCUT2D eigenvalue weighted by Crippen LogP contribution is 2.22. The van der Waals surface area contributed by atoms with Gasteiger partial charge >= 0.3 is 0 Å². The van der Waals surface area contributed by atoms with Crippen LogP contribution in [0.25, 0.3) is 10.9 Å². The van der Waals surface area contributed by atoms with Gasteiger partial charge < -0.3 is 4.90 Å². The number of rotatable bonds is 6. The minimum absolute atomic E-state index is 0.0843. The highest BCUT2D eigenvalue weighted by atomic mass is 32.2. The standard InChI is InChI=1S/C26H26N4O3S/c1-17-8-7-11-23(18(17)2)29-34(32,33)21-14-12-20(13-15-21)26(31)30(4)16-25-27-19(3)22-9-5-6-10-24(22)28-25/h5-15,29H,16H2,1-4H3. The van der Waals surface area contributed by atoms with Gasteiger partial charge in [0.15, 0.2) is 0 Å². The Morgan fingerprint density at radius 1 is 0.912 bits per heavy atom. The first-order valence-electron chi connectivity index (χ1n) is 10.8. The Kier molecular flexibility index (Phi) is 6.34. The summed E-state index contributed by atoms with van der Waals surface area (Å²) >= 11 is 0. The normalized spacial score (nSPS) is 11.4. The molecule has 0 radical (unpaired) electrons. The van der Waals surface area contributed by atoms with Crippen LogP contribution in [0.1, 0.15) is 33.0 Å². The maximum atomic E-state index is 12.9. The number of nitrogens with one attached hydrogen (secondary N) is 1. The molecule has 0 fully saturated rings. The number of sulfonamides is 1. The van der Waals surface area contributed by atoms with Crippen molar-refractivity contribution in [1.29, 1.82) is 0 Å². The molecule has 0 saturated carbocycles. The first-order chi connectivity index (χ1) is 16.2. The third-order valence-corrected chi connectivity index (χ3v) is 7.21. The second kappa shape index (κ2) is 9.23. The summed E-state index contributed by atoms with van der Waals surface area (Å²) in [5.74, 6) is 0.296. The molecule has 4 rings (SSSR count). The van der Waals surface area contributed by atoms with Crippen molar-refractivity contribution >= 4 is 32.5 Å². The topological polar surface area (TPSA) is 92.3 Å². The molecule has 1 heterocycles. The molecule has 0 saturated heterocycles. The molecule has 0 spiro atoms. The van der Waals surface area contributed by atoms with Gasteiger partial charge in [-0.2, -0.15) is 0 Å². The largest absolute Gasteiger partial charge is 0.334 e. The summed E-state index contributed by atoms with van der Waals surface area (Å²) in [4.78, 5) is 23.6. The molecule has 4 aromatic rings. The summed E-state index contributed by atoms with van der Waals surface area (Å²) in [7, 11) is -2.11. The van der Waals surface area contributed by atoms with Gasteiger partial charge in [0.05, 0.1) is 22.6 Å². The van der Waals surface area contributed by atoms with Gasteiger partial charge in [0.25, 0.3) is 15.9 Å². The van der Waals surface area contributed by atoms with E-state index < -0.39 is 10.0 Å². The zero-order chi connectivity index (χ0) is 24.5. The van der Waals surface area contributed by atoms with Crippen molar-refractivity contribution in [3.05, 3.63) is 94.9 Å². The Hall–Kier alpha value is -3.78. The van der Waals surface area contributed by atoms with E-state index in [0.29, 0.717) is 17.1 Å². The van der Waals surface area contributed by atoms with E-state index in [1.54, 1.807) is 19.2 Å². The van der Waals surface area contributed by atoms with Gasteiger partial charge in [0.2, 0.25) is 0 Å². The van der Waals surface area contributed by atoms with Crippen molar-refractivity contribution in [3.63, 3.8) is 0 Å². The van der Waals surface area contributed by atoms with Crippen molar-refractivity contribution in [1.82, 2.24) is 14.9 Å². The van der Waals surface area contributed by atoms with Gasteiger partial charge in [-0.05, 0) is 68.3 Å². The molecule has 1 amide bonds. The molecule has 34 heavy (non-hydrogen) atoms. The van der Waals surface area contributed by atoms with Gasteiger partial charge in [-0.3, -0.25) is 9.52 Å². The van der Waals surface area contributed by atoms with Crippen LogP contribution in [-0.2, 0) is 16.6 Å². The molecule has 1 N–H and O–H groups in total. The average Bonchev–Trinajstić information content (AvgIpc) is 2.81. The molecule has 0 aliphatic rings. The van der Waals surface area contributed by atoms with E-state index >= 15 is 0 Å². The number of aromatic nitrogens is 2. The van der Waals surface area contributed by atoms with Gasteiger partial charge in [-0.15, -0.1) is 0 Å². The summed E-state index contributed by atoms with van der Waals surface area (Å²) in [6, 6.07) is 19.1. The fraction of sp³-hybridized carbons (Fsp3) is 0.192. The Bertz CT molecular complexity index is 1480. The van der Waals surface area contributed by atoms with Crippen molar-refractivity contribution in [2.75, 3.05) is 11.8 Å². The molecule has 8 heteroatoms. The third-order valence-electron chi connectivity index (χ3n) is 5.83. The number of para-hydroxylation sites is 1. The molecule has 3 aromatic carbocycles. The van der Waals surface area contributed by atoms with E-state index in [2.05, 4.69) is 14.7 Å². The van der Waals surface area contributed by atoms with Crippen LogP contribution in [0.15, 0.2) is 71.6 Å². The lowest BCUT2D eigenvalue weighted by atomic mass is 10.1. The highest BCUT2D eigenvalue weighted by Gasteiger charge is 2.18. The molecular formula is C26H26N4O3S. The summed E-state index contributed by atoms with van der Waals surface area (Å²) in [6.07, 6.45) is 0. The maximum Gasteiger partial charge on any atom is 0.261 e. The number of fused-ring (bicyclic) bond motifs is 1. The number of benzene rings is 3. The molecule has 174 valence electrons. The summed E-state index contributed by atoms with van der Waals surface area (Å²) in [5, 5.41) is 0.978. The molecule has 0 aliphatic heterocycles. The fourth-order valence-electron chi connectivity index (χ4n) is 3.71. The molecular weight excluding hydrogens is 448 g/mol. The van der Waals surface area contributed by atoms with Crippen LogP contribution in [0.2, 0.25) is 0 Å². The minimum atomic E-state index is -3.78. The Morgan fingerprint density at radius 3 is 2.35 bits per heavy atom. The predicted octanol–water partition coefficient (Wildman–Crippen LogP) is 4.63. The van der Waals surface area contributed by atoms with Gasteiger partial charge in [-0.25, -0.2) is 18.4 Å². The SMILES string of the molecule is Cc1cccc(NS(=O)(=O)c2ccc(C(=O)N(C)Cc3nc(C)c4ccccc4n3)cc2)c1C. The van der Waals surface area contributed by atoms with Crippen LogP contribution >= 0.6 is 0 Å². The van der Waals surface area contributed by atoms with E-state index in [1.807, 2.05) is 51.1 Å². The number of hydrogen-bond donors (Lipinski definition) is 1. The summed E-state index contributed by atoms with van der Waals surface area (Å²) < 4.78 is 28.3. The number of amides is 1. The van der Waals surface area contributed by atoms with Crippen LogP contribution in [0.5, 0.6) is 0 Å².